The first-order chi connectivity index (χ1) is 12.9. The second kappa shape index (κ2) is 7.93. The minimum Gasteiger partial charge on any atom is -0.346 e. The number of alkyl halides is 2. The highest BCUT2D eigenvalue weighted by molar-refractivity contribution is 7.91. The molecule has 0 unspecified atom stereocenters. The van der Waals surface area contributed by atoms with Crippen molar-refractivity contribution in [2.75, 3.05) is 0 Å². The van der Waals surface area contributed by atoms with E-state index in [-0.39, 0.29) is 12.1 Å². The number of sulfone groups is 1. The van der Waals surface area contributed by atoms with E-state index < -0.39 is 26.4 Å². The van der Waals surface area contributed by atoms with Crippen LogP contribution in [0.5, 0.6) is 0 Å². The molecule has 5 nitrogen and oxygen atoms in total. The molecule has 3 rings (SSSR count). The van der Waals surface area contributed by atoms with Crippen LogP contribution in [0, 0.1) is 0 Å². The third-order valence-corrected chi connectivity index (χ3v) is 5.95. The number of carbonyl (C=O) groups is 1. The number of carbonyl (C=O) groups excluding carboxylic acids is 1. The van der Waals surface area contributed by atoms with Gasteiger partial charge < -0.3 is 5.32 Å². The summed E-state index contributed by atoms with van der Waals surface area (Å²) in [4.78, 5) is 16.1. The highest BCUT2D eigenvalue weighted by Crippen LogP contribution is 2.22. The standard InChI is InChI=1S/C18H14F2N2O3S2/c19-18(20)27(24,25)14-8-6-13(7-9-14)17(23)21-10-16-22-15(11-26-16)12-4-2-1-3-5-12/h1-9,11,18H,10H2,(H,21,23). The van der Waals surface area contributed by atoms with Crippen LogP contribution in [0.4, 0.5) is 8.78 Å². The van der Waals surface area contributed by atoms with E-state index in [1.54, 1.807) is 0 Å². The number of thiazole rings is 1. The molecular formula is C18H14F2N2O3S2. The molecule has 1 aromatic heterocycles. The van der Waals surface area contributed by atoms with Crippen molar-refractivity contribution in [3.8, 4) is 11.3 Å². The molecule has 0 aliphatic heterocycles. The molecule has 0 bridgehead atoms. The summed E-state index contributed by atoms with van der Waals surface area (Å²) in [6, 6.07) is 14.0. The number of aromatic nitrogens is 1. The summed E-state index contributed by atoms with van der Waals surface area (Å²) >= 11 is 1.40. The van der Waals surface area contributed by atoms with Gasteiger partial charge in [0.05, 0.1) is 17.1 Å². The normalized spacial score (nSPS) is 11.5. The topological polar surface area (TPSA) is 76.1 Å². The average molecular weight is 408 g/mol. The number of amides is 1. The Morgan fingerprint density at radius 2 is 1.74 bits per heavy atom. The monoisotopic (exact) mass is 408 g/mol. The van der Waals surface area contributed by atoms with Crippen molar-refractivity contribution in [3.05, 3.63) is 70.5 Å². The fraction of sp³-hybridized carbons (Fsp3) is 0.111. The minimum absolute atomic E-state index is 0.169. The molecule has 1 amide bonds. The number of halogens is 2. The molecule has 0 fully saturated rings. The lowest BCUT2D eigenvalue weighted by Gasteiger charge is -2.06. The third-order valence-electron chi connectivity index (χ3n) is 3.70. The molecule has 0 radical (unpaired) electrons. The summed E-state index contributed by atoms with van der Waals surface area (Å²) in [7, 11) is -4.67. The second-order valence-corrected chi connectivity index (χ2v) is 8.37. The molecule has 0 aliphatic carbocycles. The third kappa shape index (κ3) is 4.37. The maximum absolute atomic E-state index is 12.5. The van der Waals surface area contributed by atoms with Crippen LogP contribution < -0.4 is 5.32 Å². The Hall–Kier alpha value is -2.65. The van der Waals surface area contributed by atoms with Crippen LogP contribution in [0.25, 0.3) is 11.3 Å². The molecule has 140 valence electrons. The zero-order valence-corrected chi connectivity index (χ0v) is 15.4. The molecule has 9 heteroatoms. The van der Waals surface area contributed by atoms with Crippen LogP contribution >= 0.6 is 11.3 Å². The van der Waals surface area contributed by atoms with Crippen molar-refractivity contribution in [1.29, 1.82) is 0 Å². The molecule has 3 aromatic rings. The van der Waals surface area contributed by atoms with Gasteiger partial charge in [-0.1, -0.05) is 30.3 Å². The van der Waals surface area contributed by atoms with Crippen LogP contribution in [0.15, 0.2) is 64.9 Å². The minimum atomic E-state index is -4.67. The van der Waals surface area contributed by atoms with E-state index in [0.717, 1.165) is 23.4 Å². The Morgan fingerprint density at radius 1 is 1.07 bits per heavy atom. The average Bonchev–Trinajstić information content (AvgIpc) is 3.16. The van der Waals surface area contributed by atoms with E-state index >= 15 is 0 Å². The molecule has 1 N–H and O–H groups in total. The summed E-state index contributed by atoms with van der Waals surface area (Å²) in [5, 5.41) is 5.27. The summed E-state index contributed by atoms with van der Waals surface area (Å²) in [5.74, 6) is -3.95. The van der Waals surface area contributed by atoms with Gasteiger partial charge in [0.25, 0.3) is 5.91 Å². The Balaban J connectivity index is 1.64. The quantitative estimate of drug-likeness (QED) is 0.674. The number of rotatable bonds is 6. The molecular weight excluding hydrogens is 394 g/mol. The van der Waals surface area contributed by atoms with E-state index in [4.69, 9.17) is 0 Å². The fourth-order valence-electron chi connectivity index (χ4n) is 2.29. The van der Waals surface area contributed by atoms with Gasteiger partial charge in [-0.25, -0.2) is 13.4 Å². The summed E-state index contributed by atoms with van der Waals surface area (Å²) in [6.07, 6.45) is 0. The number of hydrogen-bond acceptors (Lipinski definition) is 5. The summed E-state index contributed by atoms with van der Waals surface area (Å²) in [6.45, 7) is 0.202. The lowest BCUT2D eigenvalue weighted by atomic mass is 10.2. The molecule has 0 saturated carbocycles. The van der Waals surface area contributed by atoms with E-state index in [1.165, 1.54) is 23.5 Å². The van der Waals surface area contributed by atoms with E-state index in [9.17, 15) is 22.0 Å². The molecule has 0 saturated heterocycles. The van der Waals surface area contributed by atoms with Gasteiger partial charge in [0, 0.05) is 16.5 Å². The van der Waals surface area contributed by atoms with Crippen LogP contribution in [-0.4, -0.2) is 25.1 Å². The number of nitrogens with zero attached hydrogens (tertiary/aromatic N) is 1. The first-order valence-corrected chi connectivity index (χ1v) is 10.2. The van der Waals surface area contributed by atoms with Crippen LogP contribution in [0.2, 0.25) is 0 Å². The molecule has 27 heavy (non-hydrogen) atoms. The van der Waals surface area contributed by atoms with E-state index in [0.29, 0.717) is 5.01 Å². The van der Waals surface area contributed by atoms with Gasteiger partial charge in [0.2, 0.25) is 9.84 Å². The zero-order valence-electron chi connectivity index (χ0n) is 13.8. The predicted octanol–water partition coefficient (Wildman–Crippen LogP) is 3.74. The molecule has 1 heterocycles. The first kappa shape index (κ1) is 19.1. The van der Waals surface area contributed by atoms with Crippen molar-refractivity contribution in [2.24, 2.45) is 0 Å². The van der Waals surface area contributed by atoms with E-state index in [2.05, 4.69) is 10.3 Å². The maximum atomic E-state index is 12.5. The fourth-order valence-corrected chi connectivity index (χ4v) is 3.75. The Bertz CT molecular complexity index is 1030. The highest BCUT2D eigenvalue weighted by Gasteiger charge is 2.26. The zero-order chi connectivity index (χ0) is 19.4. The lowest BCUT2D eigenvalue weighted by molar-refractivity contribution is 0.0951. The van der Waals surface area contributed by atoms with Gasteiger partial charge >= 0.3 is 5.76 Å². The highest BCUT2D eigenvalue weighted by atomic mass is 32.2. The molecule has 0 spiro atoms. The molecule has 0 atom stereocenters. The van der Waals surface area contributed by atoms with Gasteiger partial charge in [0.15, 0.2) is 0 Å². The van der Waals surface area contributed by atoms with Crippen molar-refractivity contribution in [3.63, 3.8) is 0 Å². The largest absolute Gasteiger partial charge is 0.346 e. The maximum Gasteiger partial charge on any atom is 0.341 e. The second-order valence-electron chi connectivity index (χ2n) is 5.51. The smallest absolute Gasteiger partial charge is 0.341 e. The van der Waals surface area contributed by atoms with E-state index in [1.807, 2.05) is 35.7 Å². The molecule has 0 aliphatic rings. The van der Waals surface area contributed by atoms with Crippen LogP contribution in [0.3, 0.4) is 0 Å². The van der Waals surface area contributed by atoms with Crippen molar-refractivity contribution < 1.29 is 22.0 Å². The Morgan fingerprint density at radius 3 is 2.37 bits per heavy atom. The SMILES string of the molecule is O=C(NCc1nc(-c2ccccc2)cs1)c1ccc(S(=O)(=O)C(F)F)cc1. The van der Waals surface area contributed by atoms with Gasteiger partial charge in [-0.05, 0) is 24.3 Å². The summed E-state index contributed by atoms with van der Waals surface area (Å²) in [5.41, 5.74) is 1.96. The van der Waals surface area contributed by atoms with Crippen LogP contribution in [-0.2, 0) is 16.4 Å². The Labute approximate surface area is 158 Å². The molecule has 2 aromatic carbocycles. The van der Waals surface area contributed by atoms with Gasteiger partial charge in [-0.2, -0.15) is 8.78 Å². The number of hydrogen-bond donors (Lipinski definition) is 1. The van der Waals surface area contributed by atoms with Gasteiger partial charge in [0.1, 0.15) is 5.01 Å². The number of benzene rings is 2. The summed E-state index contributed by atoms with van der Waals surface area (Å²) < 4.78 is 47.8. The van der Waals surface area contributed by atoms with Gasteiger partial charge in [-0.3, -0.25) is 4.79 Å². The lowest BCUT2D eigenvalue weighted by Crippen LogP contribution is -2.22. The van der Waals surface area contributed by atoms with Crippen molar-refractivity contribution in [1.82, 2.24) is 10.3 Å². The first-order valence-electron chi connectivity index (χ1n) is 7.78. The number of nitrogens with one attached hydrogen (secondary N) is 1. The van der Waals surface area contributed by atoms with Crippen molar-refractivity contribution in [2.45, 2.75) is 17.2 Å². The predicted molar refractivity (Wildman–Crippen MR) is 98.4 cm³/mol. The van der Waals surface area contributed by atoms with Crippen molar-refractivity contribution >= 4 is 27.1 Å². The van der Waals surface area contributed by atoms with Crippen LogP contribution in [0.1, 0.15) is 15.4 Å². The van der Waals surface area contributed by atoms with Gasteiger partial charge in [-0.15, -0.1) is 11.3 Å². The Kier molecular flexibility index (Phi) is 5.62.